The molecule has 2 heteroatoms. The fourth-order valence-electron chi connectivity index (χ4n) is 3.76. The largest absolute Gasteiger partial charge is 0.309 e. The van der Waals surface area contributed by atoms with Gasteiger partial charge in [0.25, 0.3) is 0 Å². The Morgan fingerprint density at radius 2 is 2.00 bits per heavy atom. The van der Waals surface area contributed by atoms with E-state index in [9.17, 15) is 0 Å². The minimum Gasteiger partial charge on any atom is -0.309 e. The summed E-state index contributed by atoms with van der Waals surface area (Å²) < 4.78 is 0. The summed E-state index contributed by atoms with van der Waals surface area (Å²) in [6.45, 7) is 10.3. The first kappa shape index (κ1) is 15.1. The van der Waals surface area contributed by atoms with Gasteiger partial charge in [0.1, 0.15) is 0 Å². The lowest BCUT2D eigenvalue weighted by Gasteiger charge is -2.49. The Morgan fingerprint density at radius 3 is 2.63 bits per heavy atom. The van der Waals surface area contributed by atoms with Crippen LogP contribution in [-0.4, -0.2) is 36.1 Å². The van der Waals surface area contributed by atoms with Crippen molar-refractivity contribution in [3.05, 3.63) is 12.2 Å². The molecule has 1 N–H and O–H groups in total. The fraction of sp³-hybridized carbons (Fsp3) is 0.882. The molecular weight excluding hydrogens is 232 g/mol. The van der Waals surface area contributed by atoms with Crippen molar-refractivity contribution in [3.63, 3.8) is 0 Å². The molecule has 2 nitrogen and oxygen atoms in total. The van der Waals surface area contributed by atoms with Gasteiger partial charge in [0, 0.05) is 31.2 Å². The number of hydrogen-bond donors (Lipinski definition) is 1. The molecule has 0 radical (unpaired) electrons. The van der Waals surface area contributed by atoms with E-state index < -0.39 is 0 Å². The van der Waals surface area contributed by atoms with Crippen LogP contribution < -0.4 is 5.32 Å². The highest BCUT2D eigenvalue weighted by Crippen LogP contribution is 2.32. The quantitative estimate of drug-likeness (QED) is 0.781. The Hall–Kier alpha value is -0.340. The lowest BCUT2D eigenvalue weighted by molar-refractivity contribution is 0.0497. The minimum absolute atomic E-state index is 0.312. The van der Waals surface area contributed by atoms with Gasteiger partial charge >= 0.3 is 0 Å². The number of rotatable bonds is 4. The second-order valence-corrected chi connectivity index (χ2v) is 6.76. The smallest absolute Gasteiger partial charge is 0.0278 e. The SMILES string of the molecule is C/C=C/CN1CC(C)(CC)NCC1C1CCCCC1. The van der Waals surface area contributed by atoms with Crippen molar-refractivity contribution in [2.75, 3.05) is 19.6 Å². The van der Waals surface area contributed by atoms with Crippen LogP contribution in [0, 0.1) is 5.92 Å². The summed E-state index contributed by atoms with van der Waals surface area (Å²) in [5.41, 5.74) is 0.312. The number of hydrogen-bond acceptors (Lipinski definition) is 2. The fourth-order valence-corrected chi connectivity index (χ4v) is 3.76. The van der Waals surface area contributed by atoms with Gasteiger partial charge in [-0.3, -0.25) is 4.90 Å². The molecule has 0 aromatic rings. The number of nitrogens with one attached hydrogen (secondary N) is 1. The molecule has 1 saturated heterocycles. The van der Waals surface area contributed by atoms with E-state index in [4.69, 9.17) is 0 Å². The molecule has 19 heavy (non-hydrogen) atoms. The van der Waals surface area contributed by atoms with Crippen molar-refractivity contribution in [1.29, 1.82) is 0 Å². The Labute approximate surface area is 119 Å². The molecule has 110 valence electrons. The predicted octanol–water partition coefficient (Wildman–Crippen LogP) is 3.59. The van der Waals surface area contributed by atoms with Crippen molar-refractivity contribution in [2.45, 2.75) is 70.9 Å². The normalized spacial score (nSPS) is 35.0. The van der Waals surface area contributed by atoms with Crippen LogP contribution in [0.1, 0.15) is 59.3 Å². The molecule has 1 heterocycles. The molecule has 2 atom stereocenters. The molecule has 2 unspecified atom stereocenters. The van der Waals surface area contributed by atoms with E-state index in [1.165, 1.54) is 51.6 Å². The highest BCUT2D eigenvalue weighted by molar-refractivity contribution is 4.99. The van der Waals surface area contributed by atoms with Gasteiger partial charge in [-0.05, 0) is 39.0 Å². The van der Waals surface area contributed by atoms with E-state index >= 15 is 0 Å². The van der Waals surface area contributed by atoms with E-state index in [0.717, 1.165) is 18.5 Å². The molecule has 0 aromatic heterocycles. The van der Waals surface area contributed by atoms with Crippen molar-refractivity contribution < 1.29 is 0 Å². The molecule has 1 saturated carbocycles. The lowest BCUT2D eigenvalue weighted by atomic mass is 9.80. The van der Waals surface area contributed by atoms with Gasteiger partial charge in [-0.1, -0.05) is 38.3 Å². The van der Waals surface area contributed by atoms with Crippen molar-refractivity contribution in [3.8, 4) is 0 Å². The van der Waals surface area contributed by atoms with E-state index in [1.807, 2.05) is 0 Å². The summed E-state index contributed by atoms with van der Waals surface area (Å²) in [4.78, 5) is 2.75. The molecule has 1 aliphatic heterocycles. The highest BCUT2D eigenvalue weighted by atomic mass is 15.3. The number of nitrogens with zero attached hydrogens (tertiary/aromatic N) is 1. The Morgan fingerprint density at radius 1 is 1.26 bits per heavy atom. The van der Waals surface area contributed by atoms with E-state index in [0.29, 0.717) is 5.54 Å². The zero-order valence-corrected chi connectivity index (χ0v) is 13.1. The average Bonchev–Trinajstić information content (AvgIpc) is 2.46. The van der Waals surface area contributed by atoms with E-state index in [2.05, 4.69) is 43.1 Å². The lowest BCUT2D eigenvalue weighted by Crippen LogP contribution is -2.64. The second-order valence-electron chi connectivity index (χ2n) is 6.76. The molecule has 2 rings (SSSR count). The molecule has 0 spiro atoms. The third kappa shape index (κ3) is 3.82. The third-order valence-corrected chi connectivity index (χ3v) is 5.31. The predicted molar refractivity (Wildman–Crippen MR) is 83.4 cm³/mol. The molecule has 0 bridgehead atoms. The Kier molecular flexibility index (Phi) is 5.47. The van der Waals surface area contributed by atoms with Gasteiger partial charge in [0.05, 0.1) is 0 Å². The highest BCUT2D eigenvalue weighted by Gasteiger charge is 2.37. The second kappa shape index (κ2) is 6.90. The molecular formula is C17H32N2. The first-order valence-corrected chi connectivity index (χ1v) is 8.29. The van der Waals surface area contributed by atoms with Crippen molar-refractivity contribution in [2.24, 2.45) is 5.92 Å². The van der Waals surface area contributed by atoms with E-state index in [-0.39, 0.29) is 0 Å². The number of piperazine rings is 1. The van der Waals surface area contributed by atoms with Gasteiger partial charge in [-0.25, -0.2) is 0 Å². The zero-order valence-electron chi connectivity index (χ0n) is 13.1. The van der Waals surface area contributed by atoms with Crippen LogP contribution in [0.15, 0.2) is 12.2 Å². The van der Waals surface area contributed by atoms with E-state index in [1.54, 1.807) is 0 Å². The van der Waals surface area contributed by atoms with Crippen LogP contribution >= 0.6 is 0 Å². The standard InChI is InChI=1S/C17H32N2/c1-4-6-12-19-14-17(3,5-2)18-13-16(19)15-10-8-7-9-11-15/h4,6,15-16,18H,5,7-14H2,1-3H3/b6-4+. The molecule has 1 aliphatic carbocycles. The minimum atomic E-state index is 0.312. The molecule has 2 fully saturated rings. The summed E-state index contributed by atoms with van der Waals surface area (Å²) >= 11 is 0. The zero-order chi connectivity index (χ0) is 13.7. The van der Waals surface area contributed by atoms with Crippen LogP contribution in [0.4, 0.5) is 0 Å². The number of allylic oxidation sites excluding steroid dienone is 1. The first-order chi connectivity index (χ1) is 9.18. The van der Waals surface area contributed by atoms with Crippen LogP contribution in [0.3, 0.4) is 0 Å². The Bertz CT molecular complexity index is 294. The topological polar surface area (TPSA) is 15.3 Å². The van der Waals surface area contributed by atoms with Gasteiger partial charge in [-0.2, -0.15) is 0 Å². The summed E-state index contributed by atoms with van der Waals surface area (Å²) in [6.07, 6.45) is 13.0. The van der Waals surface area contributed by atoms with Crippen LogP contribution in [0.25, 0.3) is 0 Å². The van der Waals surface area contributed by atoms with Crippen molar-refractivity contribution >= 4 is 0 Å². The van der Waals surface area contributed by atoms with Gasteiger partial charge in [-0.15, -0.1) is 0 Å². The maximum absolute atomic E-state index is 3.83. The third-order valence-electron chi connectivity index (χ3n) is 5.31. The summed E-state index contributed by atoms with van der Waals surface area (Å²) in [7, 11) is 0. The maximum atomic E-state index is 3.83. The van der Waals surface area contributed by atoms with Crippen LogP contribution in [-0.2, 0) is 0 Å². The van der Waals surface area contributed by atoms with Crippen molar-refractivity contribution in [1.82, 2.24) is 10.2 Å². The van der Waals surface area contributed by atoms with Crippen LogP contribution in [0.2, 0.25) is 0 Å². The monoisotopic (exact) mass is 264 g/mol. The van der Waals surface area contributed by atoms with Crippen LogP contribution in [0.5, 0.6) is 0 Å². The molecule has 0 aromatic carbocycles. The van der Waals surface area contributed by atoms with Gasteiger partial charge in [0.2, 0.25) is 0 Å². The summed E-state index contributed by atoms with van der Waals surface area (Å²) in [5, 5.41) is 3.83. The first-order valence-electron chi connectivity index (χ1n) is 8.29. The molecule has 2 aliphatic rings. The van der Waals surface area contributed by atoms with Gasteiger partial charge < -0.3 is 5.32 Å². The average molecular weight is 264 g/mol. The Balaban J connectivity index is 2.03. The summed E-state index contributed by atoms with van der Waals surface area (Å²) in [5.74, 6) is 0.924. The summed E-state index contributed by atoms with van der Waals surface area (Å²) in [6, 6.07) is 0.760. The van der Waals surface area contributed by atoms with Gasteiger partial charge in [0.15, 0.2) is 0 Å². The molecule has 0 amide bonds. The maximum Gasteiger partial charge on any atom is 0.0278 e.